The average Bonchev–Trinajstić information content (AvgIpc) is 2.96. The predicted molar refractivity (Wildman–Crippen MR) is 97.7 cm³/mol. The van der Waals surface area contributed by atoms with E-state index in [1.807, 2.05) is 30.3 Å². The molecular weight excluding hydrogens is 332 g/mol. The van der Waals surface area contributed by atoms with Crippen molar-refractivity contribution in [3.63, 3.8) is 0 Å². The second-order valence-corrected chi connectivity index (χ2v) is 5.71. The topological polar surface area (TPSA) is 61.8 Å². The van der Waals surface area contributed by atoms with Gasteiger partial charge in [0.05, 0.1) is 12.7 Å². The van der Waals surface area contributed by atoms with Crippen LogP contribution in [0.15, 0.2) is 60.4 Å². The Morgan fingerprint density at radius 1 is 1.19 bits per heavy atom. The highest BCUT2D eigenvalue weighted by Crippen LogP contribution is 2.34. The van der Waals surface area contributed by atoms with Gasteiger partial charge in [-0.1, -0.05) is 30.4 Å². The molecule has 5 heteroatoms. The minimum absolute atomic E-state index is 0.0168. The van der Waals surface area contributed by atoms with Crippen LogP contribution in [-0.4, -0.2) is 25.3 Å². The summed E-state index contributed by atoms with van der Waals surface area (Å²) in [6.45, 7) is 1.43. The van der Waals surface area contributed by atoms with E-state index in [9.17, 15) is 9.59 Å². The van der Waals surface area contributed by atoms with E-state index in [0.717, 1.165) is 11.3 Å². The number of carbonyl (C=O) groups is 2. The molecule has 0 spiro atoms. The monoisotopic (exact) mass is 350 g/mol. The maximum Gasteiger partial charge on any atom is 0.231 e. The number of Topliss-reactive ketones (excluding diaryl/α,β-unsaturated/α-hetero) is 2. The molecule has 0 saturated carbocycles. The van der Waals surface area contributed by atoms with E-state index in [1.165, 1.54) is 6.92 Å². The highest BCUT2D eigenvalue weighted by molar-refractivity contribution is 6.12. The Labute approximate surface area is 151 Å². The summed E-state index contributed by atoms with van der Waals surface area (Å²) in [6, 6.07) is 12.5. The quantitative estimate of drug-likeness (QED) is 0.741. The first kappa shape index (κ1) is 17.5. The van der Waals surface area contributed by atoms with Gasteiger partial charge >= 0.3 is 0 Å². The van der Waals surface area contributed by atoms with Crippen LogP contribution in [0, 0.1) is 0 Å². The summed E-state index contributed by atoms with van der Waals surface area (Å²) in [5.74, 6) is 1.61. The van der Waals surface area contributed by atoms with Gasteiger partial charge in [-0.2, -0.15) is 0 Å². The van der Waals surface area contributed by atoms with Gasteiger partial charge in [-0.05, 0) is 31.2 Å². The van der Waals surface area contributed by atoms with E-state index >= 15 is 0 Å². The number of para-hydroxylation sites is 1. The maximum atomic E-state index is 12.4. The van der Waals surface area contributed by atoms with Crippen LogP contribution in [0.1, 0.15) is 22.8 Å². The molecule has 132 valence electrons. The molecule has 1 aliphatic rings. The number of hydrogen-bond donors (Lipinski definition) is 0. The smallest absolute Gasteiger partial charge is 0.231 e. The number of benzene rings is 2. The molecule has 0 amide bonds. The largest absolute Gasteiger partial charge is 0.496 e. The molecule has 0 aliphatic carbocycles. The van der Waals surface area contributed by atoms with Crippen LogP contribution in [-0.2, 0) is 4.79 Å². The number of fused-ring (bicyclic) bond motifs is 1. The third-order valence-corrected chi connectivity index (χ3v) is 3.75. The van der Waals surface area contributed by atoms with Gasteiger partial charge < -0.3 is 14.2 Å². The fourth-order valence-electron chi connectivity index (χ4n) is 2.50. The summed E-state index contributed by atoms with van der Waals surface area (Å²) in [6.07, 6.45) is 5.20. The number of ether oxygens (including phenoxy) is 3. The number of rotatable bonds is 6. The molecule has 2 aromatic rings. The van der Waals surface area contributed by atoms with Crippen LogP contribution in [0.2, 0.25) is 0 Å². The van der Waals surface area contributed by atoms with E-state index in [1.54, 1.807) is 37.5 Å². The zero-order valence-electron chi connectivity index (χ0n) is 14.5. The van der Waals surface area contributed by atoms with Crippen molar-refractivity contribution in [3.05, 3.63) is 71.5 Å². The fourth-order valence-corrected chi connectivity index (χ4v) is 2.50. The Balaban J connectivity index is 1.75. The van der Waals surface area contributed by atoms with Gasteiger partial charge in [-0.15, -0.1) is 0 Å². The van der Waals surface area contributed by atoms with E-state index in [4.69, 9.17) is 14.2 Å². The molecule has 0 bridgehead atoms. The molecule has 0 radical (unpaired) electrons. The van der Waals surface area contributed by atoms with Crippen LogP contribution in [0.3, 0.4) is 0 Å². The van der Waals surface area contributed by atoms with Crippen molar-refractivity contribution in [1.82, 2.24) is 0 Å². The fraction of sp³-hybridized carbons (Fsp3) is 0.143. The van der Waals surface area contributed by atoms with E-state index in [0.29, 0.717) is 17.1 Å². The van der Waals surface area contributed by atoms with E-state index in [-0.39, 0.29) is 23.9 Å². The average molecular weight is 350 g/mol. The molecule has 0 aromatic heterocycles. The molecule has 0 atom stereocenters. The van der Waals surface area contributed by atoms with Crippen molar-refractivity contribution in [1.29, 1.82) is 0 Å². The first-order valence-electron chi connectivity index (χ1n) is 8.08. The highest BCUT2D eigenvalue weighted by atomic mass is 16.5. The Bertz CT molecular complexity index is 908. The molecule has 2 aromatic carbocycles. The summed E-state index contributed by atoms with van der Waals surface area (Å²) in [4.78, 5) is 23.4. The lowest BCUT2D eigenvalue weighted by Gasteiger charge is -2.04. The molecule has 5 nitrogen and oxygen atoms in total. The Morgan fingerprint density at radius 3 is 2.77 bits per heavy atom. The van der Waals surface area contributed by atoms with Gasteiger partial charge in [-0.25, -0.2) is 0 Å². The van der Waals surface area contributed by atoms with Gasteiger partial charge in [-0.3, -0.25) is 9.59 Å². The van der Waals surface area contributed by atoms with Gasteiger partial charge in [0.2, 0.25) is 5.78 Å². The summed E-state index contributed by atoms with van der Waals surface area (Å²) < 4.78 is 16.2. The standard InChI is InChI=1S/C21H18O5/c1-14(22)13-25-16-10-11-17-20(12-16)26-19(21(17)23)9-5-7-15-6-3-4-8-18(15)24-2/h3-12H,13H2,1-2H3/b7-5+,19-9-. The van der Waals surface area contributed by atoms with Gasteiger partial charge in [0.1, 0.15) is 23.9 Å². The summed E-state index contributed by atoms with van der Waals surface area (Å²) >= 11 is 0. The Kier molecular flexibility index (Phi) is 5.17. The molecular formula is C21H18O5. The Hall–Kier alpha value is -3.34. The molecule has 1 aliphatic heterocycles. The number of allylic oxidation sites excluding steroid dienone is 3. The third kappa shape index (κ3) is 3.83. The zero-order valence-corrected chi connectivity index (χ0v) is 14.5. The van der Waals surface area contributed by atoms with Crippen molar-refractivity contribution < 1.29 is 23.8 Å². The molecule has 3 rings (SSSR count). The molecule has 0 unspecified atom stereocenters. The zero-order chi connectivity index (χ0) is 18.5. The van der Waals surface area contributed by atoms with Crippen molar-refractivity contribution in [2.24, 2.45) is 0 Å². The second kappa shape index (κ2) is 7.70. The van der Waals surface area contributed by atoms with Crippen LogP contribution >= 0.6 is 0 Å². The third-order valence-electron chi connectivity index (χ3n) is 3.75. The van der Waals surface area contributed by atoms with Gasteiger partial charge in [0.15, 0.2) is 11.5 Å². The van der Waals surface area contributed by atoms with E-state index in [2.05, 4.69) is 0 Å². The minimum Gasteiger partial charge on any atom is -0.496 e. The summed E-state index contributed by atoms with van der Waals surface area (Å²) in [7, 11) is 1.61. The molecule has 0 fully saturated rings. The lowest BCUT2D eigenvalue weighted by molar-refractivity contribution is -0.118. The van der Waals surface area contributed by atoms with Crippen LogP contribution in [0.5, 0.6) is 17.2 Å². The number of hydrogen-bond acceptors (Lipinski definition) is 5. The number of methoxy groups -OCH3 is 1. The minimum atomic E-state index is -0.192. The first-order chi connectivity index (χ1) is 12.6. The summed E-state index contributed by atoms with van der Waals surface area (Å²) in [5.41, 5.74) is 1.37. The first-order valence-corrected chi connectivity index (χ1v) is 8.08. The lowest BCUT2D eigenvalue weighted by Crippen LogP contribution is -2.06. The van der Waals surface area contributed by atoms with Crippen LogP contribution in [0.4, 0.5) is 0 Å². The second-order valence-electron chi connectivity index (χ2n) is 5.71. The Morgan fingerprint density at radius 2 is 2.00 bits per heavy atom. The normalized spacial score (nSPS) is 14.4. The molecule has 26 heavy (non-hydrogen) atoms. The van der Waals surface area contributed by atoms with E-state index < -0.39 is 0 Å². The van der Waals surface area contributed by atoms with Crippen molar-refractivity contribution >= 4 is 17.6 Å². The molecule has 0 N–H and O–H groups in total. The predicted octanol–water partition coefficient (Wildman–Crippen LogP) is 3.84. The maximum absolute atomic E-state index is 12.4. The molecule has 1 heterocycles. The van der Waals surface area contributed by atoms with Crippen LogP contribution in [0.25, 0.3) is 6.08 Å². The van der Waals surface area contributed by atoms with Gasteiger partial charge in [0, 0.05) is 11.6 Å². The molecule has 0 saturated heterocycles. The lowest BCUT2D eigenvalue weighted by atomic mass is 10.1. The van der Waals surface area contributed by atoms with Crippen molar-refractivity contribution in [2.45, 2.75) is 6.92 Å². The summed E-state index contributed by atoms with van der Waals surface area (Å²) in [5, 5.41) is 0. The number of ketones is 2. The highest BCUT2D eigenvalue weighted by Gasteiger charge is 2.27. The van der Waals surface area contributed by atoms with Crippen molar-refractivity contribution in [2.75, 3.05) is 13.7 Å². The SMILES string of the molecule is COc1ccccc1/C=C/C=C1\Oc2cc(OCC(C)=O)ccc2C1=O. The van der Waals surface area contributed by atoms with Gasteiger partial charge in [0.25, 0.3) is 0 Å². The van der Waals surface area contributed by atoms with Crippen molar-refractivity contribution in [3.8, 4) is 17.2 Å². The number of carbonyl (C=O) groups excluding carboxylic acids is 2. The van der Waals surface area contributed by atoms with Crippen LogP contribution < -0.4 is 14.2 Å².